The number of hydrogen-bond acceptors (Lipinski definition) is 5. The summed E-state index contributed by atoms with van der Waals surface area (Å²) in [7, 11) is -2.98. The molecule has 6 heteroatoms. The van der Waals surface area contributed by atoms with Gasteiger partial charge >= 0.3 is 0 Å². The summed E-state index contributed by atoms with van der Waals surface area (Å²) in [6.07, 6.45) is 3.42. The molecular formula is C15H24N2O3S. The highest BCUT2D eigenvalue weighted by molar-refractivity contribution is 7.90. The van der Waals surface area contributed by atoms with Gasteiger partial charge in [0.1, 0.15) is 12.4 Å². The number of hydrogen-bond donors (Lipinski definition) is 1. The molecule has 1 aromatic rings. The van der Waals surface area contributed by atoms with Gasteiger partial charge < -0.3 is 15.4 Å². The average molecular weight is 312 g/mol. The van der Waals surface area contributed by atoms with Crippen LogP contribution in [0.3, 0.4) is 0 Å². The molecule has 21 heavy (non-hydrogen) atoms. The van der Waals surface area contributed by atoms with E-state index < -0.39 is 9.84 Å². The first kappa shape index (κ1) is 16.1. The normalized spacial score (nSPS) is 19.6. The highest BCUT2D eigenvalue weighted by Crippen LogP contribution is 2.27. The molecule has 0 aliphatic carbocycles. The van der Waals surface area contributed by atoms with Crippen LogP contribution in [0.1, 0.15) is 18.4 Å². The van der Waals surface area contributed by atoms with E-state index in [-0.39, 0.29) is 18.4 Å². The minimum absolute atomic E-state index is 0.0365. The van der Waals surface area contributed by atoms with Gasteiger partial charge in [-0.15, -0.1) is 0 Å². The van der Waals surface area contributed by atoms with Crippen LogP contribution in [-0.4, -0.2) is 46.2 Å². The Bertz CT molecular complexity index is 587. The molecule has 2 rings (SSSR count). The number of rotatable bonds is 5. The number of anilines is 1. The van der Waals surface area contributed by atoms with Crippen molar-refractivity contribution < 1.29 is 13.2 Å². The van der Waals surface area contributed by atoms with Crippen molar-refractivity contribution in [3.63, 3.8) is 0 Å². The molecule has 0 amide bonds. The predicted octanol–water partition coefficient (Wildman–Crippen LogP) is 1.35. The van der Waals surface area contributed by atoms with Gasteiger partial charge in [-0.25, -0.2) is 8.42 Å². The van der Waals surface area contributed by atoms with Gasteiger partial charge in [-0.3, -0.25) is 0 Å². The van der Waals surface area contributed by atoms with Gasteiger partial charge in [-0.2, -0.15) is 0 Å². The molecule has 118 valence electrons. The molecule has 5 nitrogen and oxygen atoms in total. The Morgan fingerprint density at radius 3 is 2.81 bits per heavy atom. The minimum Gasteiger partial charge on any atom is -0.493 e. The molecule has 1 saturated heterocycles. The highest BCUT2D eigenvalue weighted by atomic mass is 32.2. The van der Waals surface area contributed by atoms with Crippen molar-refractivity contribution in [2.24, 2.45) is 5.73 Å². The topological polar surface area (TPSA) is 72.6 Å². The quantitative estimate of drug-likeness (QED) is 0.888. The third kappa shape index (κ3) is 4.89. The standard InChI is InChI=1S/C15H24N2O3S/c1-12-10-14(20-8-9-21(2,18)19)5-6-15(12)17-7-3-4-13(16)11-17/h5-6,10,13H,3-4,7-9,11,16H2,1-2H3. The van der Waals surface area contributed by atoms with E-state index in [4.69, 9.17) is 10.5 Å². The van der Waals surface area contributed by atoms with E-state index in [1.807, 2.05) is 25.1 Å². The zero-order valence-electron chi connectivity index (χ0n) is 12.7. The summed E-state index contributed by atoms with van der Waals surface area (Å²) in [5.74, 6) is 0.746. The summed E-state index contributed by atoms with van der Waals surface area (Å²) in [5, 5.41) is 0. The van der Waals surface area contributed by atoms with Gasteiger partial charge in [0.15, 0.2) is 9.84 Å². The van der Waals surface area contributed by atoms with Crippen LogP contribution < -0.4 is 15.4 Å². The van der Waals surface area contributed by atoms with Crippen molar-refractivity contribution in [1.82, 2.24) is 0 Å². The summed E-state index contributed by atoms with van der Waals surface area (Å²) in [5.41, 5.74) is 8.33. The Hall–Kier alpha value is -1.27. The van der Waals surface area contributed by atoms with E-state index >= 15 is 0 Å². The number of aryl methyl sites for hydroxylation is 1. The van der Waals surface area contributed by atoms with E-state index in [9.17, 15) is 8.42 Å². The molecule has 1 unspecified atom stereocenters. The van der Waals surface area contributed by atoms with Crippen LogP contribution in [0.25, 0.3) is 0 Å². The average Bonchev–Trinajstić information content (AvgIpc) is 2.37. The first-order valence-electron chi connectivity index (χ1n) is 7.27. The summed E-state index contributed by atoms with van der Waals surface area (Å²) < 4.78 is 27.7. The molecule has 1 aliphatic heterocycles. The summed E-state index contributed by atoms with van der Waals surface area (Å²) in [6.45, 7) is 4.14. The molecule has 1 atom stereocenters. The zero-order chi connectivity index (χ0) is 15.5. The highest BCUT2D eigenvalue weighted by Gasteiger charge is 2.18. The molecule has 1 heterocycles. The lowest BCUT2D eigenvalue weighted by atomic mass is 10.0. The van der Waals surface area contributed by atoms with E-state index in [1.54, 1.807) is 0 Å². The second-order valence-electron chi connectivity index (χ2n) is 5.77. The summed E-state index contributed by atoms with van der Waals surface area (Å²) >= 11 is 0. The third-order valence-corrected chi connectivity index (χ3v) is 4.60. The third-order valence-electron chi connectivity index (χ3n) is 3.69. The van der Waals surface area contributed by atoms with Gasteiger partial charge in [0.25, 0.3) is 0 Å². The maximum atomic E-state index is 11.1. The van der Waals surface area contributed by atoms with Crippen LogP contribution in [0.5, 0.6) is 5.75 Å². The lowest BCUT2D eigenvalue weighted by Crippen LogP contribution is -2.43. The van der Waals surface area contributed by atoms with Crippen LogP contribution in [0.15, 0.2) is 18.2 Å². The molecule has 0 bridgehead atoms. The van der Waals surface area contributed by atoms with Crippen molar-refractivity contribution in [2.45, 2.75) is 25.8 Å². The molecule has 0 spiro atoms. The van der Waals surface area contributed by atoms with Crippen LogP contribution in [0, 0.1) is 6.92 Å². The molecule has 0 radical (unpaired) electrons. The second kappa shape index (κ2) is 6.66. The largest absolute Gasteiger partial charge is 0.493 e. The smallest absolute Gasteiger partial charge is 0.150 e. The Balaban J connectivity index is 2.00. The van der Waals surface area contributed by atoms with Gasteiger partial charge in [0, 0.05) is 31.1 Å². The molecule has 0 aromatic heterocycles. The number of piperidine rings is 1. The first-order chi connectivity index (χ1) is 9.85. The Kier molecular flexibility index (Phi) is 5.11. The number of benzene rings is 1. The Morgan fingerprint density at radius 1 is 1.43 bits per heavy atom. The SMILES string of the molecule is Cc1cc(OCCS(C)(=O)=O)ccc1N1CCCC(N)C1. The van der Waals surface area contributed by atoms with Gasteiger partial charge in [-0.05, 0) is 43.5 Å². The maximum absolute atomic E-state index is 11.1. The number of sulfone groups is 1. The van der Waals surface area contributed by atoms with Crippen LogP contribution in [-0.2, 0) is 9.84 Å². The fourth-order valence-corrected chi connectivity index (χ4v) is 3.00. The van der Waals surface area contributed by atoms with Crippen molar-refractivity contribution in [1.29, 1.82) is 0 Å². The molecule has 1 fully saturated rings. The van der Waals surface area contributed by atoms with E-state index in [0.29, 0.717) is 5.75 Å². The van der Waals surface area contributed by atoms with Crippen molar-refractivity contribution >= 4 is 15.5 Å². The predicted molar refractivity (Wildman–Crippen MR) is 85.8 cm³/mol. The molecule has 0 saturated carbocycles. The fourth-order valence-electron chi connectivity index (χ4n) is 2.61. The van der Waals surface area contributed by atoms with Gasteiger partial charge in [0.05, 0.1) is 5.75 Å². The van der Waals surface area contributed by atoms with Crippen LogP contribution >= 0.6 is 0 Å². The van der Waals surface area contributed by atoms with E-state index in [0.717, 1.165) is 31.5 Å². The Labute approximate surface area is 127 Å². The van der Waals surface area contributed by atoms with Crippen LogP contribution in [0.4, 0.5) is 5.69 Å². The summed E-state index contributed by atoms with van der Waals surface area (Å²) in [4.78, 5) is 2.31. The molecule has 1 aliphatic rings. The maximum Gasteiger partial charge on any atom is 0.150 e. The van der Waals surface area contributed by atoms with E-state index in [1.165, 1.54) is 11.9 Å². The van der Waals surface area contributed by atoms with Crippen molar-refractivity contribution in [3.8, 4) is 5.75 Å². The first-order valence-corrected chi connectivity index (χ1v) is 9.33. The minimum atomic E-state index is -2.98. The monoisotopic (exact) mass is 312 g/mol. The Morgan fingerprint density at radius 2 is 2.19 bits per heavy atom. The lowest BCUT2D eigenvalue weighted by molar-refractivity contribution is 0.341. The van der Waals surface area contributed by atoms with Gasteiger partial charge in [-0.1, -0.05) is 0 Å². The van der Waals surface area contributed by atoms with Crippen molar-refractivity contribution in [3.05, 3.63) is 23.8 Å². The van der Waals surface area contributed by atoms with Crippen LogP contribution in [0.2, 0.25) is 0 Å². The fraction of sp³-hybridized carbons (Fsp3) is 0.600. The zero-order valence-corrected chi connectivity index (χ0v) is 13.5. The number of ether oxygens (including phenoxy) is 1. The number of nitrogens with zero attached hydrogens (tertiary/aromatic N) is 1. The molecule has 2 N–H and O–H groups in total. The van der Waals surface area contributed by atoms with E-state index in [2.05, 4.69) is 4.90 Å². The van der Waals surface area contributed by atoms with Crippen molar-refractivity contribution in [2.75, 3.05) is 36.6 Å². The lowest BCUT2D eigenvalue weighted by Gasteiger charge is -2.33. The number of nitrogens with two attached hydrogens (primary N) is 1. The molecular weight excluding hydrogens is 288 g/mol. The van der Waals surface area contributed by atoms with Gasteiger partial charge in [0.2, 0.25) is 0 Å². The summed E-state index contributed by atoms with van der Waals surface area (Å²) in [6, 6.07) is 6.12. The second-order valence-corrected chi connectivity index (χ2v) is 8.03. The molecule has 1 aromatic carbocycles.